The van der Waals surface area contributed by atoms with Crippen molar-refractivity contribution in [3.8, 4) is 11.5 Å². The number of esters is 2. The van der Waals surface area contributed by atoms with Crippen LogP contribution < -0.4 is 9.47 Å². The van der Waals surface area contributed by atoms with Gasteiger partial charge in [0.05, 0.1) is 51.8 Å². The summed E-state index contributed by atoms with van der Waals surface area (Å²) in [6, 6.07) is 15.2. The number of benzene rings is 2. The third-order valence-corrected chi connectivity index (χ3v) is 6.49. The van der Waals surface area contributed by atoms with Gasteiger partial charge in [-0.25, -0.2) is 9.59 Å². The lowest BCUT2D eigenvalue weighted by Gasteiger charge is -2.20. The van der Waals surface area contributed by atoms with E-state index < -0.39 is 11.9 Å². The van der Waals surface area contributed by atoms with Gasteiger partial charge in [0.15, 0.2) is 0 Å². The molecule has 0 aromatic heterocycles. The van der Waals surface area contributed by atoms with Gasteiger partial charge in [0.1, 0.15) is 11.5 Å². The van der Waals surface area contributed by atoms with Crippen LogP contribution in [-0.2, 0) is 41.8 Å². The SMILES string of the molecule is COc1ccc(CO[C@H]2/C=C\C(=O)O[C@@H](C)CC[C@@H](OCc3ccc(OC)cc3)/C=C\C(=O)O[C@@H](C)CC2)cc1. The number of carbonyl (C=O) groups is 2. The average Bonchev–Trinajstić information content (AvgIpc) is 2.96. The molecule has 1 aliphatic heterocycles. The minimum atomic E-state index is -0.427. The lowest BCUT2D eigenvalue weighted by atomic mass is 10.1. The predicted molar refractivity (Wildman–Crippen MR) is 151 cm³/mol. The Kier molecular flexibility index (Phi) is 12.7. The minimum absolute atomic E-state index is 0.337. The first-order chi connectivity index (χ1) is 19.3. The van der Waals surface area contributed by atoms with Gasteiger partial charge in [-0.2, -0.15) is 0 Å². The molecule has 0 unspecified atom stereocenters. The molecule has 0 saturated heterocycles. The zero-order valence-electron chi connectivity index (χ0n) is 23.7. The Morgan fingerprint density at radius 1 is 0.625 bits per heavy atom. The van der Waals surface area contributed by atoms with Crippen LogP contribution in [0.15, 0.2) is 72.8 Å². The molecule has 4 atom stereocenters. The van der Waals surface area contributed by atoms with E-state index in [1.807, 2.05) is 62.4 Å². The first-order valence-electron chi connectivity index (χ1n) is 13.6. The molecule has 0 fully saturated rings. The highest BCUT2D eigenvalue weighted by Gasteiger charge is 2.16. The average molecular weight is 553 g/mol. The largest absolute Gasteiger partial charge is 0.497 e. The topological polar surface area (TPSA) is 89.5 Å². The Hall–Kier alpha value is -3.62. The first-order valence-corrected chi connectivity index (χ1v) is 13.6. The van der Waals surface area contributed by atoms with Crippen molar-refractivity contribution in [3.63, 3.8) is 0 Å². The third kappa shape index (κ3) is 11.2. The Morgan fingerprint density at radius 3 is 1.35 bits per heavy atom. The van der Waals surface area contributed by atoms with E-state index in [4.69, 9.17) is 28.4 Å². The van der Waals surface area contributed by atoms with Gasteiger partial charge in [0, 0.05) is 12.2 Å². The number of hydrogen-bond donors (Lipinski definition) is 0. The van der Waals surface area contributed by atoms with E-state index >= 15 is 0 Å². The van der Waals surface area contributed by atoms with Gasteiger partial charge in [-0.15, -0.1) is 0 Å². The van der Waals surface area contributed by atoms with Crippen molar-refractivity contribution in [2.75, 3.05) is 14.2 Å². The third-order valence-electron chi connectivity index (χ3n) is 6.49. The van der Waals surface area contributed by atoms with Gasteiger partial charge in [-0.05, 0) is 87.1 Å². The van der Waals surface area contributed by atoms with Crippen LogP contribution in [0.1, 0.15) is 50.7 Å². The molecule has 2 aromatic carbocycles. The van der Waals surface area contributed by atoms with Crippen LogP contribution in [-0.4, -0.2) is 50.6 Å². The van der Waals surface area contributed by atoms with E-state index in [2.05, 4.69) is 0 Å². The van der Waals surface area contributed by atoms with Crippen LogP contribution in [0.4, 0.5) is 0 Å². The molecule has 0 amide bonds. The fraction of sp³-hybridized carbons (Fsp3) is 0.438. The van der Waals surface area contributed by atoms with Crippen molar-refractivity contribution in [3.05, 3.63) is 84.0 Å². The van der Waals surface area contributed by atoms with Crippen LogP contribution in [0.2, 0.25) is 0 Å². The Bertz CT molecular complexity index is 1020. The Labute approximate surface area is 236 Å². The molecule has 1 aliphatic rings. The molecule has 0 aliphatic carbocycles. The van der Waals surface area contributed by atoms with Crippen molar-refractivity contribution >= 4 is 11.9 Å². The van der Waals surface area contributed by atoms with Crippen LogP contribution in [0, 0.1) is 0 Å². The van der Waals surface area contributed by atoms with E-state index in [9.17, 15) is 9.59 Å². The van der Waals surface area contributed by atoms with E-state index in [-0.39, 0.29) is 24.4 Å². The fourth-order valence-electron chi connectivity index (χ4n) is 4.08. The molecule has 0 saturated carbocycles. The predicted octanol–water partition coefficient (Wildman–Crippen LogP) is 5.72. The second-order valence-electron chi connectivity index (χ2n) is 9.76. The molecule has 216 valence electrons. The molecular weight excluding hydrogens is 512 g/mol. The van der Waals surface area contributed by atoms with Gasteiger partial charge in [0.2, 0.25) is 0 Å². The summed E-state index contributed by atoms with van der Waals surface area (Å²) < 4.78 is 33.7. The highest BCUT2D eigenvalue weighted by atomic mass is 16.5. The van der Waals surface area contributed by atoms with Gasteiger partial charge < -0.3 is 28.4 Å². The van der Waals surface area contributed by atoms with E-state index in [0.717, 1.165) is 22.6 Å². The first kappa shape index (κ1) is 30.9. The second kappa shape index (κ2) is 16.5. The lowest BCUT2D eigenvalue weighted by Crippen LogP contribution is -2.20. The highest BCUT2D eigenvalue weighted by molar-refractivity contribution is 5.82. The van der Waals surface area contributed by atoms with Crippen molar-refractivity contribution in [1.82, 2.24) is 0 Å². The number of hydrogen-bond acceptors (Lipinski definition) is 8. The van der Waals surface area contributed by atoms with Crippen molar-refractivity contribution < 1.29 is 38.0 Å². The van der Waals surface area contributed by atoms with Crippen molar-refractivity contribution in [1.29, 1.82) is 0 Å². The van der Waals surface area contributed by atoms with Crippen LogP contribution in [0.25, 0.3) is 0 Å². The number of rotatable bonds is 8. The molecule has 40 heavy (non-hydrogen) atoms. The number of ether oxygens (including phenoxy) is 6. The molecule has 8 nitrogen and oxygen atoms in total. The summed E-state index contributed by atoms with van der Waals surface area (Å²) in [5.41, 5.74) is 1.96. The Balaban J connectivity index is 1.62. The molecule has 3 rings (SSSR count). The fourth-order valence-corrected chi connectivity index (χ4v) is 4.08. The molecule has 8 heteroatoms. The summed E-state index contributed by atoms with van der Waals surface area (Å²) >= 11 is 0. The van der Waals surface area contributed by atoms with Crippen LogP contribution >= 0.6 is 0 Å². The molecule has 0 radical (unpaired) electrons. The summed E-state index contributed by atoms with van der Waals surface area (Å²) in [6.45, 7) is 4.40. The number of cyclic esters (lactones) is 2. The molecule has 0 spiro atoms. The normalized spacial score (nSPS) is 24.4. The van der Waals surface area contributed by atoms with Crippen LogP contribution in [0.5, 0.6) is 11.5 Å². The molecule has 2 aromatic rings. The standard InChI is InChI=1S/C32H40O8/c1-23-5-11-29(37-21-25-7-13-27(35-3)14-8-25)18-20-32(34)40-24(2)6-12-30(17-19-31(33)39-23)38-22-26-9-15-28(36-4)16-10-26/h7-10,13-20,23-24,29-30H,5-6,11-12,21-22H2,1-4H3/b19-17-,20-18-/t23-,24-,29+,30+/m0/s1. The summed E-state index contributed by atoms with van der Waals surface area (Å²) in [7, 11) is 3.24. The highest BCUT2D eigenvalue weighted by Crippen LogP contribution is 2.18. The van der Waals surface area contributed by atoms with Gasteiger partial charge >= 0.3 is 11.9 Å². The van der Waals surface area contributed by atoms with Gasteiger partial charge in [-0.3, -0.25) is 0 Å². The monoisotopic (exact) mass is 552 g/mol. The number of methoxy groups -OCH3 is 2. The second-order valence-corrected chi connectivity index (χ2v) is 9.76. The van der Waals surface area contributed by atoms with Crippen molar-refractivity contribution in [2.24, 2.45) is 0 Å². The molecule has 0 bridgehead atoms. The summed E-state index contributed by atoms with van der Waals surface area (Å²) in [5.74, 6) is 0.682. The zero-order valence-corrected chi connectivity index (χ0v) is 23.7. The van der Waals surface area contributed by atoms with Crippen molar-refractivity contribution in [2.45, 2.75) is 77.2 Å². The maximum atomic E-state index is 12.5. The lowest BCUT2D eigenvalue weighted by molar-refractivity contribution is -0.143. The van der Waals surface area contributed by atoms with Crippen LogP contribution in [0.3, 0.4) is 0 Å². The molecule has 1 heterocycles. The van der Waals surface area contributed by atoms with Gasteiger partial charge in [0.25, 0.3) is 0 Å². The minimum Gasteiger partial charge on any atom is -0.497 e. The summed E-state index contributed by atoms with van der Waals surface area (Å²) in [5, 5.41) is 0. The maximum Gasteiger partial charge on any atom is 0.330 e. The Morgan fingerprint density at radius 2 is 1.00 bits per heavy atom. The molecular formula is C32H40O8. The van der Waals surface area contributed by atoms with Gasteiger partial charge in [-0.1, -0.05) is 24.3 Å². The summed E-state index contributed by atoms with van der Waals surface area (Å²) in [4.78, 5) is 25.1. The maximum absolute atomic E-state index is 12.5. The van der Waals surface area contributed by atoms with E-state index in [1.54, 1.807) is 26.4 Å². The van der Waals surface area contributed by atoms with E-state index in [0.29, 0.717) is 38.9 Å². The molecule has 0 N–H and O–H groups in total. The quantitative estimate of drug-likeness (QED) is 0.384. The van der Waals surface area contributed by atoms with E-state index in [1.165, 1.54) is 12.2 Å². The zero-order chi connectivity index (χ0) is 28.7. The smallest absolute Gasteiger partial charge is 0.330 e. The number of carbonyl (C=O) groups excluding carboxylic acids is 2. The summed E-state index contributed by atoms with van der Waals surface area (Å²) in [6.07, 6.45) is 7.08.